The van der Waals surface area contributed by atoms with Gasteiger partial charge in [-0.1, -0.05) is 58.4 Å². The summed E-state index contributed by atoms with van der Waals surface area (Å²) in [5.74, 6) is 0. The minimum Gasteiger partial charge on any atom is -0.364 e. The molecule has 112 valence electrons. The van der Waals surface area contributed by atoms with E-state index in [0.29, 0.717) is 5.11 Å². The Morgan fingerprint density at radius 1 is 1.18 bits per heavy atom. The molecule has 0 radical (unpaired) electrons. The number of nitrogens with one attached hydrogen (secondary N) is 1. The molecule has 3 rings (SSSR count). The molecule has 22 heavy (non-hydrogen) atoms. The summed E-state index contributed by atoms with van der Waals surface area (Å²) >= 11 is 8.90. The predicted molar refractivity (Wildman–Crippen MR) is 98.0 cm³/mol. The van der Waals surface area contributed by atoms with Gasteiger partial charge in [0.15, 0.2) is 5.11 Å². The second-order valence-corrected chi connectivity index (χ2v) is 6.39. The summed E-state index contributed by atoms with van der Waals surface area (Å²) in [6.45, 7) is 0. The second kappa shape index (κ2) is 6.58. The number of halogens is 1. The number of hydrazone groups is 1. The molecule has 0 bridgehead atoms. The van der Waals surface area contributed by atoms with E-state index >= 15 is 0 Å². The molecule has 2 aromatic carbocycles. The highest BCUT2D eigenvalue weighted by atomic mass is 79.9. The first-order chi connectivity index (χ1) is 10.7. The monoisotopic (exact) mass is 373 g/mol. The Labute approximate surface area is 144 Å². The molecule has 0 saturated heterocycles. The number of thiocarbonyl (C=S) groups is 1. The largest absolute Gasteiger partial charge is 0.364 e. The smallest absolute Gasteiger partial charge is 0.189 e. The first kappa shape index (κ1) is 15.2. The summed E-state index contributed by atoms with van der Waals surface area (Å²) in [4.78, 5) is 0. The molecule has 0 aromatic heterocycles. The average Bonchev–Trinajstić information content (AvgIpc) is 3.01. The van der Waals surface area contributed by atoms with Crippen molar-refractivity contribution in [2.75, 3.05) is 7.05 Å². The van der Waals surface area contributed by atoms with Crippen LogP contribution in [0.4, 0.5) is 0 Å². The molecule has 0 spiro atoms. The molecule has 1 aliphatic heterocycles. The Hall–Kier alpha value is -1.72. The Bertz CT molecular complexity index is 698. The minimum atomic E-state index is 0.128. The van der Waals surface area contributed by atoms with Crippen molar-refractivity contribution in [2.24, 2.45) is 5.10 Å². The normalized spacial score (nSPS) is 17.3. The Morgan fingerprint density at radius 2 is 1.86 bits per heavy atom. The summed E-state index contributed by atoms with van der Waals surface area (Å²) in [6, 6.07) is 18.7. The van der Waals surface area contributed by atoms with Crippen molar-refractivity contribution in [2.45, 2.75) is 12.5 Å². The predicted octanol–water partition coefficient (Wildman–Crippen LogP) is 4.10. The van der Waals surface area contributed by atoms with Crippen molar-refractivity contribution in [3.05, 3.63) is 70.2 Å². The van der Waals surface area contributed by atoms with E-state index in [1.54, 1.807) is 0 Å². The van der Waals surface area contributed by atoms with Crippen molar-refractivity contribution in [3.8, 4) is 0 Å². The average molecular weight is 374 g/mol. The van der Waals surface area contributed by atoms with Crippen LogP contribution < -0.4 is 5.32 Å². The molecule has 0 saturated carbocycles. The summed E-state index contributed by atoms with van der Waals surface area (Å²) in [7, 11) is 1.83. The van der Waals surface area contributed by atoms with Gasteiger partial charge in [-0.3, -0.25) is 0 Å². The molecule has 1 heterocycles. The van der Waals surface area contributed by atoms with Gasteiger partial charge in [-0.05, 0) is 35.5 Å². The van der Waals surface area contributed by atoms with Gasteiger partial charge in [-0.2, -0.15) is 5.10 Å². The van der Waals surface area contributed by atoms with Crippen molar-refractivity contribution in [1.29, 1.82) is 0 Å². The van der Waals surface area contributed by atoms with E-state index in [2.05, 4.69) is 57.6 Å². The van der Waals surface area contributed by atoms with Gasteiger partial charge in [-0.25, -0.2) is 5.01 Å². The van der Waals surface area contributed by atoms with E-state index in [0.717, 1.165) is 22.2 Å². The van der Waals surface area contributed by atoms with Gasteiger partial charge in [0.1, 0.15) is 0 Å². The van der Waals surface area contributed by atoms with E-state index < -0.39 is 0 Å². The van der Waals surface area contributed by atoms with Crippen LogP contribution in [0.1, 0.15) is 23.6 Å². The van der Waals surface area contributed by atoms with Crippen LogP contribution in [0.3, 0.4) is 0 Å². The van der Waals surface area contributed by atoms with Crippen LogP contribution in [0.2, 0.25) is 0 Å². The Morgan fingerprint density at radius 3 is 2.50 bits per heavy atom. The van der Waals surface area contributed by atoms with Crippen LogP contribution in [0, 0.1) is 0 Å². The molecule has 5 heteroatoms. The Kier molecular flexibility index (Phi) is 4.55. The lowest BCUT2D eigenvalue weighted by atomic mass is 9.99. The van der Waals surface area contributed by atoms with Gasteiger partial charge >= 0.3 is 0 Å². The van der Waals surface area contributed by atoms with Crippen LogP contribution in [-0.4, -0.2) is 22.9 Å². The van der Waals surface area contributed by atoms with E-state index in [1.807, 2.05) is 30.3 Å². The van der Waals surface area contributed by atoms with Crippen LogP contribution in [0.5, 0.6) is 0 Å². The fourth-order valence-corrected chi connectivity index (χ4v) is 2.99. The Balaban J connectivity index is 1.94. The standard InChI is InChI=1S/C17H16BrN3S/c1-19-17(22)21-16(13-7-9-14(18)10-8-13)11-15(20-21)12-5-3-2-4-6-12/h2-10,16H,11H2,1H3,(H,19,22)/t16-/m1/s1. The highest BCUT2D eigenvalue weighted by Crippen LogP contribution is 2.33. The third-order valence-electron chi connectivity index (χ3n) is 3.69. The number of rotatable bonds is 2. The van der Waals surface area contributed by atoms with Crippen molar-refractivity contribution < 1.29 is 0 Å². The zero-order valence-electron chi connectivity index (χ0n) is 12.2. The third-order valence-corrected chi connectivity index (χ3v) is 4.61. The maximum atomic E-state index is 5.42. The summed E-state index contributed by atoms with van der Waals surface area (Å²) in [5, 5.41) is 10.3. The van der Waals surface area contributed by atoms with Crippen molar-refractivity contribution in [3.63, 3.8) is 0 Å². The van der Waals surface area contributed by atoms with Crippen molar-refractivity contribution in [1.82, 2.24) is 10.3 Å². The lowest BCUT2D eigenvalue weighted by Gasteiger charge is -2.23. The molecule has 1 N–H and O–H groups in total. The van der Waals surface area contributed by atoms with E-state index in [-0.39, 0.29) is 6.04 Å². The molecule has 1 atom stereocenters. The van der Waals surface area contributed by atoms with Crippen molar-refractivity contribution >= 4 is 39.0 Å². The number of hydrogen-bond donors (Lipinski definition) is 1. The maximum Gasteiger partial charge on any atom is 0.189 e. The number of nitrogens with zero attached hydrogens (tertiary/aromatic N) is 2. The topological polar surface area (TPSA) is 27.6 Å². The van der Waals surface area contributed by atoms with E-state index in [9.17, 15) is 0 Å². The molecule has 2 aromatic rings. The third kappa shape index (κ3) is 3.05. The van der Waals surface area contributed by atoms with Gasteiger partial charge in [0, 0.05) is 17.9 Å². The molecule has 0 fully saturated rings. The van der Waals surface area contributed by atoms with E-state index in [4.69, 9.17) is 17.3 Å². The molecule has 0 amide bonds. The first-order valence-electron chi connectivity index (χ1n) is 7.08. The zero-order chi connectivity index (χ0) is 15.5. The highest BCUT2D eigenvalue weighted by molar-refractivity contribution is 9.10. The fourth-order valence-electron chi connectivity index (χ4n) is 2.56. The van der Waals surface area contributed by atoms with Gasteiger partial charge < -0.3 is 5.32 Å². The summed E-state index contributed by atoms with van der Waals surface area (Å²) in [5.41, 5.74) is 3.41. The van der Waals surface area contributed by atoms with Gasteiger partial charge in [-0.15, -0.1) is 0 Å². The molecular formula is C17H16BrN3S. The van der Waals surface area contributed by atoms with Crippen LogP contribution in [-0.2, 0) is 0 Å². The van der Waals surface area contributed by atoms with Gasteiger partial charge in [0.25, 0.3) is 0 Å². The summed E-state index contributed by atoms with van der Waals surface area (Å²) in [6.07, 6.45) is 0.841. The quantitative estimate of drug-likeness (QED) is 0.802. The highest BCUT2D eigenvalue weighted by Gasteiger charge is 2.30. The SMILES string of the molecule is CNC(=S)N1N=C(c2ccccc2)C[C@@H]1c1ccc(Br)cc1. The van der Waals surface area contributed by atoms with Gasteiger partial charge in [0.05, 0.1) is 11.8 Å². The molecule has 0 aliphatic carbocycles. The van der Waals surface area contributed by atoms with Gasteiger partial charge in [0.2, 0.25) is 0 Å². The number of benzene rings is 2. The number of hydrogen-bond acceptors (Lipinski definition) is 2. The van der Waals surface area contributed by atoms with Crippen LogP contribution in [0.15, 0.2) is 64.2 Å². The zero-order valence-corrected chi connectivity index (χ0v) is 14.6. The lowest BCUT2D eigenvalue weighted by molar-refractivity contribution is 0.366. The van der Waals surface area contributed by atoms with E-state index in [1.165, 1.54) is 5.56 Å². The maximum absolute atomic E-state index is 5.42. The fraction of sp³-hybridized carbons (Fsp3) is 0.176. The minimum absolute atomic E-state index is 0.128. The second-order valence-electron chi connectivity index (χ2n) is 5.08. The molecule has 1 aliphatic rings. The van der Waals surface area contributed by atoms with Crippen LogP contribution >= 0.6 is 28.1 Å². The van der Waals surface area contributed by atoms with Crippen LogP contribution in [0.25, 0.3) is 0 Å². The molecular weight excluding hydrogens is 358 g/mol. The lowest BCUT2D eigenvalue weighted by Crippen LogP contribution is -2.34. The first-order valence-corrected chi connectivity index (χ1v) is 8.28. The molecule has 3 nitrogen and oxygen atoms in total. The molecule has 0 unspecified atom stereocenters. The summed E-state index contributed by atoms with van der Waals surface area (Å²) < 4.78 is 1.07.